The van der Waals surface area contributed by atoms with Crippen LogP contribution in [0, 0.1) is 11.8 Å². The summed E-state index contributed by atoms with van der Waals surface area (Å²) in [6.45, 7) is 0. The van der Waals surface area contributed by atoms with Crippen LogP contribution in [0.5, 0.6) is 0 Å². The predicted octanol–water partition coefficient (Wildman–Crippen LogP) is 3.12. The van der Waals surface area contributed by atoms with Gasteiger partial charge in [0, 0.05) is 17.2 Å². The molecule has 0 radical (unpaired) electrons. The van der Waals surface area contributed by atoms with Gasteiger partial charge in [-0.1, -0.05) is 67.4 Å². The fourth-order valence-electron chi connectivity index (χ4n) is 6.01. The van der Waals surface area contributed by atoms with Crippen LogP contribution in [-0.4, -0.2) is 39.9 Å². The number of Topliss-reactive ketones (excluding diaryl/α,β-unsaturated/α-hetero) is 2. The summed E-state index contributed by atoms with van der Waals surface area (Å²) in [5.41, 5.74) is -0.742. The number of imide groups is 1. The molecular weight excluding hydrogens is 394 g/mol. The molecule has 4 aliphatic rings. The van der Waals surface area contributed by atoms with E-state index in [4.69, 9.17) is 4.74 Å². The lowest BCUT2D eigenvalue weighted by Crippen LogP contribution is -2.51. The molecule has 2 aliphatic carbocycles. The second kappa shape index (κ2) is 6.44. The fraction of sp³-hybridized carbons (Fsp3) is 0.360. The van der Waals surface area contributed by atoms with Crippen LogP contribution < -0.4 is 0 Å². The number of ketones is 2. The van der Waals surface area contributed by atoms with E-state index in [0.717, 1.165) is 25.7 Å². The zero-order valence-electron chi connectivity index (χ0n) is 16.8. The van der Waals surface area contributed by atoms with Crippen molar-refractivity contribution in [3.8, 4) is 0 Å². The van der Waals surface area contributed by atoms with Gasteiger partial charge in [-0.25, -0.2) is 0 Å². The maximum Gasteiger partial charge on any atom is 0.237 e. The third kappa shape index (κ3) is 2.26. The van der Waals surface area contributed by atoms with Gasteiger partial charge in [-0.2, -0.15) is 0 Å². The van der Waals surface area contributed by atoms with Gasteiger partial charge in [-0.15, -0.1) is 0 Å². The SMILES string of the molecule is O=C1[C@@H]2[C@@H](c3ccccc3)OC3(C(=O)c4ccccc4C3=O)[C@H]2C(=O)N1C1CCCC1. The van der Waals surface area contributed by atoms with Gasteiger partial charge in [0.15, 0.2) is 0 Å². The van der Waals surface area contributed by atoms with Crippen molar-refractivity contribution in [2.24, 2.45) is 11.8 Å². The molecule has 2 aromatic rings. The fourth-order valence-corrected chi connectivity index (χ4v) is 6.01. The third-order valence-electron chi connectivity index (χ3n) is 7.37. The van der Waals surface area contributed by atoms with Crippen molar-refractivity contribution < 1.29 is 23.9 Å². The summed E-state index contributed by atoms with van der Waals surface area (Å²) in [6.07, 6.45) is 2.64. The molecule has 3 fully saturated rings. The Balaban J connectivity index is 1.53. The highest BCUT2D eigenvalue weighted by atomic mass is 16.5. The molecule has 3 atom stereocenters. The first-order valence-electron chi connectivity index (χ1n) is 10.8. The van der Waals surface area contributed by atoms with Crippen molar-refractivity contribution in [3.05, 3.63) is 71.3 Å². The Morgan fingerprint density at radius 1 is 0.774 bits per heavy atom. The van der Waals surface area contributed by atoms with Gasteiger partial charge in [-0.05, 0) is 18.4 Å². The zero-order valence-corrected chi connectivity index (χ0v) is 16.8. The summed E-state index contributed by atoms with van der Waals surface area (Å²) >= 11 is 0. The summed E-state index contributed by atoms with van der Waals surface area (Å²) in [5, 5.41) is 0. The predicted molar refractivity (Wildman–Crippen MR) is 109 cm³/mol. The van der Waals surface area contributed by atoms with Crippen molar-refractivity contribution in [2.75, 3.05) is 0 Å². The number of rotatable bonds is 2. The van der Waals surface area contributed by atoms with Gasteiger partial charge in [0.2, 0.25) is 29.0 Å². The van der Waals surface area contributed by atoms with Gasteiger partial charge < -0.3 is 4.74 Å². The maximum absolute atomic E-state index is 13.7. The lowest BCUT2D eigenvalue weighted by molar-refractivity contribution is -0.147. The molecule has 31 heavy (non-hydrogen) atoms. The number of fused-ring (bicyclic) bond motifs is 3. The number of amides is 2. The number of ether oxygens (including phenoxy) is 1. The van der Waals surface area contributed by atoms with E-state index in [1.165, 1.54) is 4.90 Å². The number of carbonyl (C=O) groups is 4. The highest BCUT2D eigenvalue weighted by Gasteiger charge is 2.75. The van der Waals surface area contributed by atoms with Crippen LogP contribution in [0.15, 0.2) is 54.6 Å². The summed E-state index contributed by atoms with van der Waals surface area (Å²) in [6, 6.07) is 15.5. The lowest BCUT2D eigenvalue weighted by Gasteiger charge is -2.29. The molecule has 0 aromatic heterocycles. The molecule has 2 saturated heterocycles. The summed E-state index contributed by atoms with van der Waals surface area (Å²) in [5.74, 6) is -3.76. The largest absolute Gasteiger partial charge is 0.349 e. The first-order valence-corrected chi connectivity index (χ1v) is 10.8. The van der Waals surface area contributed by atoms with E-state index in [-0.39, 0.29) is 23.1 Å². The van der Waals surface area contributed by atoms with Crippen molar-refractivity contribution in [1.29, 1.82) is 0 Å². The van der Waals surface area contributed by atoms with Crippen molar-refractivity contribution >= 4 is 23.4 Å². The van der Waals surface area contributed by atoms with Crippen molar-refractivity contribution in [2.45, 2.75) is 43.4 Å². The van der Waals surface area contributed by atoms with Crippen LogP contribution >= 0.6 is 0 Å². The topological polar surface area (TPSA) is 80.8 Å². The summed E-state index contributed by atoms with van der Waals surface area (Å²) in [4.78, 5) is 55.8. The molecule has 6 heteroatoms. The highest BCUT2D eigenvalue weighted by Crippen LogP contribution is 2.57. The molecule has 6 rings (SSSR count). The summed E-state index contributed by atoms with van der Waals surface area (Å²) in [7, 11) is 0. The van der Waals surface area contributed by atoms with Gasteiger partial charge in [0.05, 0.1) is 17.9 Å². The Morgan fingerprint density at radius 3 is 1.97 bits per heavy atom. The van der Waals surface area contributed by atoms with E-state index in [9.17, 15) is 19.2 Å². The van der Waals surface area contributed by atoms with Crippen LogP contribution in [0.2, 0.25) is 0 Å². The van der Waals surface area contributed by atoms with Gasteiger partial charge in [0.25, 0.3) is 0 Å². The lowest BCUT2D eigenvalue weighted by atomic mass is 9.77. The normalized spacial score (nSPS) is 29.3. The van der Waals surface area contributed by atoms with E-state index in [0.29, 0.717) is 5.56 Å². The maximum atomic E-state index is 13.7. The van der Waals surface area contributed by atoms with E-state index in [1.807, 2.05) is 30.3 Å². The molecule has 2 heterocycles. The first kappa shape index (κ1) is 18.6. The van der Waals surface area contributed by atoms with Crippen LogP contribution in [0.25, 0.3) is 0 Å². The highest BCUT2D eigenvalue weighted by molar-refractivity contribution is 6.35. The molecule has 1 spiro atoms. The molecule has 2 aromatic carbocycles. The second-order valence-corrected chi connectivity index (χ2v) is 8.88. The van der Waals surface area contributed by atoms with E-state index < -0.39 is 41.0 Å². The molecule has 6 nitrogen and oxygen atoms in total. The zero-order chi connectivity index (χ0) is 21.3. The minimum absolute atomic E-state index is 0.159. The standard InChI is InChI=1S/C25H21NO5/c27-21-16-12-6-7-13-17(16)22(28)25(21)19-18(20(31-25)14-8-2-1-3-9-14)23(29)26(24(19)30)15-10-4-5-11-15/h1-3,6-9,12-13,15,18-20H,4-5,10-11H2/t18-,19+,20+/m0/s1. The van der Waals surface area contributed by atoms with Crippen LogP contribution in [-0.2, 0) is 14.3 Å². The number of nitrogens with zero attached hydrogens (tertiary/aromatic N) is 1. The minimum atomic E-state index is -1.96. The average Bonchev–Trinajstić information content (AvgIpc) is 3.54. The van der Waals surface area contributed by atoms with Crippen LogP contribution in [0.1, 0.15) is 58.1 Å². The van der Waals surface area contributed by atoms with E-state index in [1.54, 1.807) is 24.3 Å². The van der Waals surface area contributed by atoms with E-state index in [2.05, 4.69) is 0 Å². The molecule has 156 valence electrons. The quantitative estimate of drug-likeness (QED) is 0.556. The molecule has 0 N–H and O–H groups in total. The van der Waals surface area contributed by atoms with Gasteiger partial charge >= 0.3 is 0 Å². The van der Waals surface area contributed by atoms with Crippen LogP contribution in [0.4, 0.5) is 0 Å². The Bertz CT molecular complexity index is 1100. The third-order valence-corrected chi connectivity index (χ3v) is 7.37. The number of hydrogen-bond donors (Lipinski definition) is 0. The molecule has 1 saturated carbocycles. The van der Waals surface area contributed by atoms with E-state index >= 15 is 0 Å². The average molecular weight is 415 g/mol. The number of carbonyl (C=O) groups excluding carboxylic acids is 4. The van der Waals surface area contributed by atoms with Crippen molar-refractivity contribution in [3.63, 3.8) is 0 Å². The molecule has 0 bridgehead atoms. The Labute approximate surface area is 179 Å². The van der Waals surface area contributed by atoms with Crippen LogP contribution in [0.3, 0.4) is 0 Å². The second-order valence-electron chi connectivity index (χ2n) is 8.88. The molecule has 2 amide bonds. The Hall–Kier alpha value is -3.12. The van der Waals surface area contributed by atoms with Crippen molar-refractivity contribution in [1.82, 2.24) is 4.90 Å². The number of likely N-dealkylation sites (tertiary alicyclic amines) is 1. The molecular formula is C25H21NO5. The number of hydrogen-bond acceptors (Lipinski definition) is 5. The minimum Gasteiger partial charge on any atom is -0.349 e. The first-order chi connectivity index (χ1) is 15.1. The van der Waals surface area contributed by atoms with Gasteiger partial charge in [-0.3, -0.25) is 24.1 Å². The summed E-state index contributed by atoms with van der Waals surface area (Å²) < 4.78 is 6.25. The molecule has 2 aliphatic heterocycles. The number of benzene rings is 2. The Morgan fingerprint density at radius 2 is 1.35 bits per heavy atom. The smallest absolute Gasteiger partial charge is 0.237 e. The molecule has 0 unspecified atom stereocenters. The van der Waals surface area contributed by atoms with Gasteiger partial charge in [0.1, 0.15) is 0 Å². The monoisotopic (exact) mass is 415 g/mol. The Kier molecular flexibility index (Phi) is 3.87.